The molecule has 2 aromatic rings. The van der Waals surface area contributed by atoms with Crippen LogP contribution < -0.4 is 10.1 Å². The Labute approximate surface area is 187 Å². The van der Waals surface area contributed by atoms with Crippen LogP contribution >= 0.6 is 11.6 Å². The van der Waals surface area contributed by atoms with Crippen molar-refractivity contribution in [1.82, 2.24) is 4.83 Å². The molecule has 0 spiro atoms. The van der Waals surface area contributed by atoms with Crippen LogP contribution in [0.4, 0.5) is 36.4 Å². The highest BCUT2D eigenvalue weighted by atomic mass is 35.5. The topological polar surface area (TPSA) is 87.6 Å². The van der Waals surface area contributed by atoms with Crippen molar-refractivity contribution in [3.05, 3.63) is 59.1 Å². The summed E-state index contributed by atoms with van der Waals surface area (Å²) in [6.45, 7) is 1.36. The minimum atomic E-state index is -6.65. The molecule has 2 rings (SSSR count). The van der Waals surface area contributed by atoms with Gasteiger partial charge in [-0.25, -0.2) is 0 Å². The molecule has 0 saturated heterocycles. The second-order valence-corrected chi connectivity index (χ2v) is 8.52. The van der Waals surface area contributed by atoms with Gasteiger partial charge >= 0.3 is 23.9 Å². The molecule has 0 aromatic heterocycles. The number of hydrogen-bond donors (Lipinski definition) is 2. The molecule has 2 N–H and O–H groups in total. The second kappa shape index (κ2) is 9.17. The third-order valence-electron chi connectivity index (χ3n) is 4.05. The summed E-state index contributed by atoms with van der Waals surface area (Å²) in [6.07, 6.45) is -6.65. The van der Waals surface area contributed by atoms with Gasteiger partial charge in [0.1, 0.15) is 0 Å². The van der Waals surface area contributed by atoms with Gasteiger partial charge in [-0.05, 0) is 48.9 Å². The summed E-state index contributed by atoms with van der Waals surface area (Å²) in [5, 5.41) is 5.25. The third kappa shape index (κ3) is 5.74. The number of nitrogens with zero attached hydrogens (tertiary/aromatic N) is 1. The SMILES string of the molecule is C/C(=N/NS(=O)(=O)c1ccc(Cl)cc1)c1ccc(NC(=O)C(F)(F)C(F)(F)C(F)(F)F)cc1. The van der Waals surface area contributed by atoms with E-state index in [1.54, 1.807) is 0 Å². The summed E-state index contributed by atoms with van der Waals surface area (Å²) >= 11 is 5.68. The molecule has 0 fully saturated rings. The maximum atomic E-state index is 13.4. The van der Waals surface area contributed by atoms with Gasteiger partial charge in [-0.15, -0.1) is 0 Å². The maximum Gasteiger partial charge on any atom is 0.460 e. The van der Waals surface area contributed by atoms with E-state index in [4.69, 9.17) is 11.6 Å². The van der Waals surface area contributed by atoms with E-state index < -0.39 is 39.6 Å². The van der Waals surface area contributed by atoms with Crippen molar-refractivity contribution in [2.45, 2.75) is 29.8 Å². The monoisotopic (exact) mass is 519 g/mol. The summed E-state index contributed by atoms with van der Waals surface area (Å²) in [6, 6.07) is 9.23. The number of alkyl halides is 7. The number of carbonyl (C=O) groups excluding carboxylic acids is 1. The van der Waals surface area contributed by atoms with E-state index in [0.29, 0.717) is 5.02 Å². The van der Waals surface area contributed by atoms with Crippen LogP contribution in [-0.4, -0.2) is 38.1 Å². The number of sulfonamides is 1. The highest BCUT2D eigenvalue weighted by Gasteiger charge is 2.76. The molecular formula is C18H13ClF7N3O3S. The first kappa shape index (κ1) is 26.4. The summed E-state index contributed by atoms with van der Waals surface area (Å²) < 4.78 is 114. The van der Waals surface area contributed by atoms with Crippen LogP contribution in [-0.2, 0) is 14.8 Å². The third-order valence-corrected chi connectivity index (χ3v) is 5.53. The molecule has 0 aliphatic rings. The molecule has 0 saturated carbocycles. The Morgan fingerprint density at radius 1 is 0.909 bits per heavy atom. The smallest absolute Gasteiger partial charge is 0.321 e. The van der Waals surface area contributed by atoms with E-state index in [9.17, 15) is 43.9 Å². The molecule has 0 aliphatic carbocycles. The van der Waals surface area contributed by atoms with Crippen molar-refractivity contribution >= 4 is 38.9 Å². The maximum absolute atomic E-state index is 13.4. The fraction of sp³-hybridized carbons (Fsp3) is 0.222. The van der Waals surface area contributed by atoms with Crippen LogP contribution in [0.25, 0.3) is 0 Å². The van der Waals surface area contributed by atoms with E-state index >= 15 is 0 Å². The normalized spacial score (nSPS) is 13.5. The molecule has 1 amide bonds. The lowest BCUT2D eigenvalue weighted by Crippen LogP contribution is -2.57. The zero-order valence-corrected chi connectivity index (χ0v) is 17.8. The van der Waals surface area contributed by atoms with Crippen molar-refractivity contribution in [1.29, 1.82) is 0 Å². The number of rotatable bonds is 7. The van der Waals surface area contributed by atoms with E-state index in [1.807, 2.05) is 4.83 Å². The molecule has 33 heavy (non-hydrogen) atoms. The lowest BCUT2D eigenvalue weighted by molar-refractivity contribution is -0.343. The van der Waals surface area contributed by atoms with Gasteiger partial charge in [0.05, 0.1) is 10.6 Å². The molecule has 0 unspecified atom stereocenters. The van der Waals surface area contributed by atoms with Crippen LogP contribution in [0, 0.1) is 0 Å². The van der Waals surface area contributed by atoms with E-state index in [2.05, 4.69) is 5.10 Å². The number of hydrogen-bond acceptors (Lipinski definition) is 4. The second-order valence-electron chi connectivity index (χ2n) is 6.42. The molecule has 0 heterocycles. The van der Waals surface area contributed by atoms with Crippen molar-refractivity contribution in [3.63, 3.8) is 0 Å². The largest absolute Gasteiger partial charge is 0.460 e. The van der Waals surface area contributed by atoms with Crippen LogP contribution in [0.5, 0.6) is 0 Å². The Morgan fingerprint density at radius 3 is 1.91 bits per heavy atom. The Kier molecular flexibility index (Phi) is 7.33. The predicted octanol–water partition coefficient (Wildman–Crippen LogP) is 4.81. The van der Waals surface area contributed by atoms with Gasteiger partial charge in [-0.2, -0.15) is 49.1 Å². The molecule has 6 nitrogen and oxygen atoms in total. The zero-order chi connectivity index (χ0) is 25.2. The molecule has 0 bridgehead atoms. The van der Waals surface area contributed by atoms with Gasteiger partial charge in [-0.1, -0.05) is 23.7 Å². The van der Waals surface area contributed by atoms with Crippen molar-refractivity contribution in [2.75, 3.05) is 5.32 Å². The molecule has 0 radical (unpaired) electrons. The summed E-state index contributed by atoms with van der Waals surface area (Å²) in [7, 11) is -4.05. The Bertz CT molecular complexity index is 1150. The zero-order valence-electron chi connectivity index (χ0n) is 16.2. The molecule has 180 valence electrons. The molecule has 2 aromatic carbocycles. The first-order chi connectivity index (χ1) is 15.0. The predicted molar refractivity (Wildman–Crippen MR) is 105 cm³/mol. The number of anilines is 1. The van der Waals surface area contributed by atoms with Crippen molar-refractivity contribution in [2.24, 2.45) is 5.10 Å². The first-order valence-electron chi connectivity index (χ1n) is 8.55. The number of halogens is 8. The molecule has 0 aliphatic heterocycles. The minimum Gasteiger partial charge on any atom is -0.321 e. The average Bonchev–Trinajstić information content (AvgIpc) is 2.72. The van der Waals surface area contributed by atoms with Gasteiger partial charge in [0.25, 0.3) is 10.0 Å². The number of hydrazone groups is 1. The van der Waals surface area contributed by atoms with Crippen molar-refractivity contribution < 1.29 is 43.9 Å². The highest BCUT2D eigenvalue weighted by molar-refractivity contribution is 7.89. The first-order valence-corrected chi connectivity index (χ1v) is 10.4. The summed E-state index contributed by atoms with van der Waals surface area (Å²) in [5.41, 5.74) is -0.241. The Balaban J connectivity index is 2.13. The van der Waals surface area contributed by atoms with Crippen LogP contribution in [0.15, 0.2) is 58.5 Å². The van der Waals surface area contributed by atoms with Gasteiger partial charge in [0, 0.05) is 10.7 Å². The summed E-state index contributed by atoms with van der Waals surface area (Å²) in [4.78, 5) is 13.2. The fourth-order valence-electron chi connectivity index (χ4n) is 2.18. The summed E-state index contributed by atoms with van der Waals surface area (Å²) in [5.74, 6) is -15.5. The lowest BCUT2D eigenvalue weighted by atomic mass is 10.1. The van der Waals surface area contributed by atoms with E-state index in [0.717, 1.165) is 24.3 Å². The van der Waals surface area contributed by atoms with Gasteiger partial charge in [-0.3, -0.25) is 4.79 Å². The van der Waals surface area contributed by atoms with E-state index in [-0.39, 0.29) is 16.2 Å². The lowest BCUT2D eigenvalue weighted by Gasteiger charge is -2.27. The fourth-order valence-corrected chi connectivity index (χ4v) is 3.17. The van der Waals surface area contributed by atoms with Gasteiger partial charge in [0.2, 0.25) is 0 Å². The quantitative estimate of drug-likeness (QED) is 0.312. The number of carbonyl (C=O) groups is 1. The minimum absolute atomic E-state index is 0.0688. The van der Waals surface area contributed by atoms with Crippen molar-refractivity contribution in [3.8, 4) is 0 Å². The van der Waals surface area contributed by atoms with E-state index in [1.165, 1.54) is 36.5 Å². The number of benzene rings is 2. The van der Waals surface area contributed by atoms with Crippen LogP contribution in [0.3, 0.4) is 0 Å². The Morgan fingerprint density at radius 2 is 1.42 bits per heavy atom. The van der Waals surface area contributed by atoms with Crippen LogP contribution in [0.1, 0.15) is 12.5 Å². The average molecular weight is 520 g/mol. The van der Waals surface area contributed by atoms with Gasteiger partial charge < -0.3 is 5.32 Å². The number of amides is 1. The highest BCUT2D eigenvalue weighted by Crippen LogP contribution is 2.46. The van der Waals surface area contributed by atoms with Gasteiger partial charge in [0.15, 0.2) is 0 Å². The van der Waals surface area contributed by atoms with Crippen LogP contribution in [0.2, 0.25) is 5.02 Å². The number of nitrogens with one attached hydrogen (secondary N) is 2. The standard InChI is InChI=1S/C18H13ClF7N3O3S/c1-10(28-29-33(31,32)14-8-4-12(19)5-9-14)11-2-6-13(7-3-11)27-15(30)16(20,21)17(22,23)18(24,25)26/h2-9,29H,1H3,(H,27,30)/b28-10-. The Hall–Kier alpha value is -2.87. The molecular weight excluding hydrogens is 507 g/mol. The molecule has 0 atom stereocenters. The molecule has 15 heteroatoms.